The Morgan fingerprint density at radius 1 is 0.808 bits per heavy atom. The van der Waals surface area contributed by atoms with Crippen LogP contribution in [0, 0.1) is 0 Å². The number of hydrogen-bond donors (Lipinski definition) is 0. The number of carbonyl (C=O) groups excluding carboxylic acids is 1. The van der Waals surface area contributed by atoms with Crippen LogP contribution in [0.3, 0.4) is 0 Å². The molecule has 2 aromatic rings. The van der Waals surface area contributed by atoms with E-state index in [1.54, 1.807) is 6.07 Å². The topological polar surface area (TPSA) is 63.2 Å². The minimum absolute atomic E-state index is 0.0568. The summed E-state index contributed by atoms with van der Waals surface area (Å²) >= 11 is 0. The fourth-order valence-corrected chi connectivity index (χ4v) is 3.53. The van der Waals surface area contributed by atoms with Gasteiger partial charge in [0.1, 0.15) is 12.4 Å². The fourth-order valence-electron chi connectivity index (χ4n) is 3.53. The van der Waals surface area contributed by atoms with Gasteiger partial charge in [0.2, 0.25) is 13.6 Å². The van der Waals surface area contributed by atoms with Crippen molar-refractivity contribution in [3.8, 4) is 23.0 Å². The number of fused-ring (bicyclic) bond motifs is 3. The van der Waals surface area contributed by atoms with E-state index < -0.39 is 0 Å². The van der Waals surface area contributed by atoms with Gasteiger partial charge in [0.25, 0.3) is 0 Å². The summed E-state index contributed by atoms with van der Waals surface area (Å²) in [5.74, 6) is 3.26. The van der Waals surface area contributed by atoms with Gasteiger partial charge >= 0.3 is 0 Å². The molecule has 0 unspecified atom stereocenters. The number of allylic oxidation sites excluding steroid dienone is 1. The smallest absolute Gasteiger partial charge is 0.231 e. The van der Waals surface area contributed by atoms with Crippen molar-refractivity contribution in [3.05, 3.63) is 46.5 Å². The van der Waals surface area contributed by atoms with E-state index in [-0.39, 0.29) is 19.4 Å². The first kappa shape index (κ1) is 15.1. The maximum absolute atomic E-state index is 12.2. The predicted octanol–water partition coefficient (Wildman–Crippen LogP) is 3.77. The van der Waals surface area contributed by atoms with Crippen molar-refractivity contribution in [2.75, 3.05) is 13.6 Å². The summed E-state index contributed by atoms with van der Waals surface area (Å²) in [5, 5.41) is 0. The first-order valence-electron chi connectivity index (χ1n) is 8.33. The average Bonchev–Trinajstić information content (AvgIpc) is 3.27. The van der Waals surface area contributed by atoms with Crippen molar-refractivity contribution < 1.29 is 28.5 Å². The normalized spacial score (nSPS) is 16.4. The standard InChI is InChI=1S/C20H16O6/c1-10-13-4-17-16(23-8-24-17)3-12(13)7-22-20(10)15-6-19-18(25-9-26-19)5-14(15)11(2)21/h3-6H,7-9H2,1-2H3. The molecule has 6 heteroatoms. The molecular weight excluding hydrogens is 336 g/mol. The van der Waals surface area contributed by atoms with Crippen LogP contribution in [0.2, 0.25) is 0 Å². The lowest BCUT2D eigenvalue weighted by Gasteiger charge is -2.24. The van der Waals surface area contributed by atoms with Crippen LogP contribution in [0.25, 0.3) is 11.3 Å². The summed E-state index contributed by atoms with van der Waals surface area (Å²) in [6, 6.07) is 7.45. The summed E-state index contributed by atoms with van der Waals surface area (Å²) < 4.78 is 27.9. The highest BCUT2D eigenvalue weighted by atomic mass is 16.7. The van der Waals surface area contributed by atoms with E-state index in [0.29, 0.717) is 35.0 Å². The Balaban J connectivity index is 1.69. The highest BCUT2D eigenvalue weighted by Gasteiger charge is 2.28. The minimum Gasteiger partial charge on any atom is -0.488 e. The summed E-state index contributed by atoms with van der Waals surface area (Å²) in [4.78, 5) is 12.2. The van der Waals surface area contributed by atoms with Gasteiger partial charge in [-0.1, -0.05) is 0 Å². The van der Waals surface area contributed by atoms with Crippen LogP contribution in [-0.4, -0.2) is 19.4 Å². The van der Waals surface area contributed by atoms with Crippen LogP contribution in [0.5, 0.6) is 23.0 Å². The molecule has 0 saturated heterocycles. The van der Waals surface area contributed by atoms with Gasteiger partial charge < -0.3 is 23.7 Å². The molecule has 132 valence electrons. The molecule has 0 aromatic heterocycles. The van der Waals surface area contributed by atoms with Gasteiger partial charge in [0, 0.05) is 16.7 Å². The molecule has 5 rings (SSSR count). The molecule has 0 atom stereocenters. The third-order valence-electron chi connectivity index (χ3n) is 4.85. The van der Waals surface area contributed by atoms with E-state index in [2.05, 4.69) is 0 Å². The molecule has 0 bridgehead atoms. The van der Waals surface area contributed by atoms with Gasteiger partial charge in [0.15, 0.2) is 28.8 Å². The van der Waals surface area contributed by atoms with E-state index in [4.69, 9.17) is 23.7 Å². The van der Waals surface area contributed by atoms with Crippen LogP contribution < -0.4 is 18.9 Å². The molecule has 0 N–H and O–H groups in total. The Bertz CT molecular complexity index is 988. The zero-order valence-corrected chi connectivity index (χ0v) is 14.4. The van der Waals surface area contributed by atoms with Gasteiger partial charge in [0.05, 0.1) is 0 Å². The maximum Gasteiger partial charge on any atom is 0.231 e. The second-order valence-electron chi connectivity index (χ2n) is 6.41. The van der Waals surface area contributed by atoms with Gasteiger partial charge in [-0.2, -0.15) is 0 Å². The number of rotatable bonds is 2. The van der Waals surface area contributed by atoms with Crippen LogP contribution in [0.4, 0.5) is 0 Å². The Hall–Kier alpha value is -3.15. The predicted molar refractivity (Wildman–Crippen MR) is 92.4 cm³/mol. The highest BCUT2D eigenvalue weighted by Crippen LogP contribution is 2.44. The molecule has 0 spiro atoms. The molecule has 0 saturated carbocycles. The molecule has 26 heavy (non-hydrogen) atoms. The lowest BCUT2D eigenvalue weighted by atomic mass is 9.92. The lowest BCUT2D eigenvalue weighted by Crippen LogP contribution is -2.09. The Kier molecular flexibility index (Phi) is 3.16. The van der Waals surface area contributed by atoms with Crippen LogP contribution >= 0.6 is 0 Å². The molecule has 3 aliphatic rings. The molecule has 0 aliphatic carbocycles. The second kappa shape index (κ2) is 5.42. The minimum atomic E-state index is -0.0568. The molecular formula is C20H16O6. The molecule has 6 nitrogen and oxygen atoms in total. The number of ether oxygens (including phenoxy) is 5. The van der Waals surface area contributed by atoms with E-state index >= 15 is 0 Å². The maximum atomic E-state index is 12.2. The van der Waals surface area contributed by atoms with Crippen molar-refractivity contribution in [3.63, 3.8) is 0 Å². The first-order chi connectivity index (χ1) is 12.6. The van der Waals surface area contributed by atoms with Crippen molar-refractivity contribution >= 4 is 17.1 Å². The number of hydrogen-bond acceptors (Lipinski definition) is 6. The van der Waals surface area contributed by atoms with E-state index in [9.17, 15) is 4.79 Å². The van der Waals surface area contributed by atoms with E-state index in [1.165, 1.54) is 6.92 Å². The zero-order valence-electron chi connectivity index (χ0n) is 14.4. The number of ketones is 1. The van der Waals surface area contributed by atoms with Crippen molar-refractivity contribution in [1.82, 2.24) is 0 Å². The number of Topliss-reactive ketones (excluding diaryl/α,β-unsaturated/α-hetero) is 1. The molecule has 0 radical (unpaired) electrons. The SMILES string of the molecule is CC(=O)c1cc2c(cc1C1=C(C)c3cc4c(cc3CO1)OCO4)OCO2. The summed E-state index contributed by atoms with van der Waals surface area (Å²) in [6.07, 6.45) is 0. The summed E-state index contributed by atoms with van der Waals surface area (Å²) in [7, 11) is 0. The van der Waals surface area contributed by atoms with Gasteiger partial charge in [-0.3, -0.25) is 4.79 Å². The fraction of sp³-hybridized carbons (Fsp3) is 0.250. The molecule has 0 fully saturated rings. The van der Waals surface area contributed by atoms with Gasteiger partial charge in [-0.05, 0) is 49.2 Å². The first-order valence-corrected chi connectivity index (χ1v) is 8.33. The van der Waals surface area contributed by atoms with Crippen molar-refractivity contribution in [1.29, 1.82) is 0 Å². The van der Waals surface area contributed by atoms with Gasteiger partial charge in [-0.15, -0.1) is 0 Å². The van der Waals surface area contributed by atoms with Crippen LogP contribution in [0.1, 0.15) is 40.9 Å². The van der Waals surface area contributed by atoms with Crippen LogP contribution in [0.15, 0.2) is 24.3 Å². The van der Waals surface area contributed by atoms with E-state index in [1.807, 2.05) is 25.1 Å². The number of benzene rings is 2. The molecule has 3 heterocycles. The number of carbonyl (C=O) groups is 1. The van der Waals surface area contributed by atoms with Crippen molar-refractivity contribution in [2.24, 2.45) is 0 Å². The third kappa shape index (κ3) is 2.15. The Morgan fingerprint density at radius 2 is 1.38 bits per heavy atom. The summed E-state index contributed by atoms with van der Waals surface area (Å²) in [5.41, 5.74) is 4.25. The largest absolute Gasteiger partial charge is 0.488 e. The Morgan fingerprint density at radius 3 is 2.04 bits per heavy atom. The second-order valence-corrected chi connectivity index (χ2v) is 6.41. The highest BCUT2D eigenvalue weighted by molar-refractivity contribution is 6.02. The van der Waals surface area contributed by atoms with Gasteiger partial charge in [-0.25, -0.2) is 0 Å². The molecule has 3 aliphatic heterocycles. The quantitative estimate of drug-likeness (QED) is 0.767. The third-order valence-corrected chi connectivity index (χ3v) is 4.85. The molecule has 2 aromatic carbocycles. The average molecular weight is 352 g/mol. The van der Waals surface area contributed by atoms with Crippen LogP contribution in [-0.2, 0) is 11.3 Å². The Labute approximate surface area is 149 Å². The monoisotopic (exact) mass is 352 g/mol. The zero-order chi connectivity index (χ0) is 17.8. The van der Waals surface area contributed by atoms with Crippen molar-refractivity contribution in [2.45, 2.75) is 20.5 Å². The molecule has 0 amide bonds. The lowest BCUT2D eigenvalue weighted by molar-refractivity contribution is 0.101. The summed E-state index contributed by atoms with van der Waals surface area (Å²) in [6.45, 7) is 4.28. The van der Waals surface area contributed by atoms with E-state index in [0.717, 1.165) is 28.2 Å².